The lowest BCUT2D eigenvalue weighted by atomic mass is 10.3. The highest BCUT2D eigenvalue weighted by Gasteiger charge is 2.13. The zero-order valence-electron chi connectivity index (χ0n) is 13.0. The summed E-state index contributed by atoms with van der Waals surface area (Å²) >= 11 is 12.0. The lowest BCUT2D eigenvalue weighted by Crippen LogP contribution is -2.12. The lowest BCUT2D eigenvalue weighted by molar-refractivity contribution is 0.0413. The maximum absolute atomic E-state index is 12.0. The van der Waals surface area contributed by atoms with E-state index in [2.05, 4.69) is 5.10 Å². The van der Waals surface area contributed by atoms with Gasteiger partial charge in [0.25, 0.3) is 0 Å². The summed E-state index contributed by atoms with van der Waals surface area (Å²) in [6.45, 7) is 0.597. The Bertz CT molecular complexity index is 826. The highest BCUT2D eigenvalue weighted by molar-refractivity contribution is 6.37. The molecule has 3 aromatic rings. The molecule has 0 saturated heterocycles. The summed E-state index contributed by atoms with van der Waals surface area (Å²) in [7, 11) is 0. The molecule has 6 nitrogen and oxygen atoms in total. The van der Waals surface area contributed by atoms with E-state index in [1.54, 1.807) is 47.4 Å². The summed E-state index contributed by atoms with van der Waals surface area (Å²) in [5.41, 5.74) is 0. The van der Waals surface area contributed by atoms with Crippen LogP contribution < -0.4 is 4.74 Å². The minimum atomic E-state index is -0.569. The Kier molecular flexibility index (Phi) is 5.63. The molecule has 0 unspecified atom stereocenters. The minimum absolute atomic E-state index is 0.0373. The molecule has 0 N–H and O–H groups in total. The van der Waals surface area contributed by atoms with Crippen LogP contribution >= 0.6 is 23.2 Å². The third-order valence-electron chi connectivity index (χ3n) is 3.22. The first-order chi connectivity index (χ1) is 12.1. The van der Waals surface area contributed by atoms with Crippen molar-refractivity contribution in [1.29, 1.82) is 0 Å². The lowest BCUT2D eigenvalue weighted by Gasteiger charge is -2.09. The van der Waals surface area contributed by atoms with Crippen molar-refractivity contribution in [1.82, 2.24) is 9.78 Å². The third-order valence-corrected chi connectivity index (χ3v) is 3.82. The molecular weight excluding hydrogens is 367 g/mol. The Morgan fingerprint density at radius 1 is 1.12 bits per heavy atom. The molecule has 0 amide bonds. The number of hydrogen-bond acceptors (Lipinski definition) is 5. The smallest absolute Gasteiger partial charge is 0.374 e. The molecule has 0 fully saturated rings. The maximum atomic E-state index is 12.0. The zero-order valence-corrected chi connectivity index (χ0v) is 14.5. The van der Waals surface area contributed by atoms with Crippen molar-refractivity contribution in [3.8, 4) is 5.75 Å². The average Bonchev–Trinajstić information content (AvgIpc) is 3.26. The fourth-order valence-corrected chi connectivity index (χ4v) is 2.60. The predicted octanol–water partition coefficient (Wildman–Crippen LogP) is 4.07. The first-order valence-corrected chi connectivity index (χ1v) is 8.19. The number of carbonyl (C=O) groups is 1. The van der Waals surface area contributed by atoms with E-state index in [1.165, 1.54) is 0 Å². The molecule has 0 atom stereocenters. The van der Waals surface area contributed by atoms with Gasteiger partial charge in [-0.15, -0.1) is 0 Å². The zero-order chi connectivity index (χ0) is 17.6. The van der Waals surface area contributed by atoms with Gasteiger partial charge in [-0.3, -0.25) is 4.68 Å². The number of esters is 1. The van der Waals surface area contributed by atoms with E-state index < -0.39 is 5.97 Å². The highest BCUT2D eigenvalue weighted by Crippen LogP contribution is 2.32. The Hall–Kier alpha value is -2.44. The fourth-order valence-electron chi connectivity index (χ4n) is 2.10. The standard InChI is InChI=1S/C17H14Cl2N2O4/c18-13-3-1-4-14(19)16(13)23-9-10-24-17(22)15-6-5-12(25-15)11-21-8-2-7-20-21/h1-8H,9-11H2. The van der Waals surface area contributed by atoms with Crippen molar-refractivity contribution in [3.05, 3.63) is 70.4 Å². The van der Waals surface area contributed by atoms with Gasteiger partial charge < -0.3 is 13.9 Å². The fraction of sp³-hybridized carbons (Fsp3) is 0.176. The van der Waals surface area contributed by atoms with Crippen molar-refractivity contribution < 1.29 is 18.7 Å². The third kappa shape index (κ3) is 4.55. The number of halogens is 2. The van der Waals surface area contributed by atoms with Crippen LogP contribution in [-0.4, -0.2) is 29.0 Å². The van der Waals surface area contributed by atoms with Gasteiger partial charge in [0.05, 0.1) is 16.6 Å². The number of hydrogen-bond donors (Lipinski definition) is 0. The summed E-state index contributed by atoms with van der Waals surface area (Å²) in [5, 5.41) is 4.86. The summed E-state index contributed by atoms with van der Waals surface area (Å²) in [6, 6.07) is 10.1. The summed E-state index contributed by atoms with van der Waals surface area (Å²) < 4.78 is 17.7. The van der Waals surface area contributed by atoms with E-state index in [0.717, 1.165) is 0 Å². The van der Waals surface area contributed by atoms with Crippen LogP contribution in [0.15, 0.2) is 53.2 Å². The number of furan rings is 1. The van der Waals surface area contributed by atoms with Gasteiger partial charge in [-0.25, -0.2) is 4.79 Å². The van der Waals surface area contributed by atoms with Crippen LogP contribution in [0, 0.1) is 0 Å². The van der Waals surface area contributed by atoms with Crippen LogP contribution in [0.1, 0.15) is 16.3 Å². The normalized spacial score (nSPS) is 10.6. The van der Waals surface area contributed by atoms with E-state index in [1.807, 2.05) is 6.07 Å². The molecule has 25 heavy (non-hydrogen) atoms. The molecule has 1 aromatic carbocycles. The first-order valence-electron chi connectivity index (χ1n) is 7.43. The van der Waals surface area contributed by atoms with Gasteiger partial charge in [-0.2, -0.15) is 5.10 Å². The van der Waals surface area contributed by atoms with Crippen molar-refractivity contribution >= 4 is 29.2 Å². The Labute approximate surface area is 153 Å². The Morgan fingerprint density at radius 2 is 1.92 bits per heavy atom. The van der Waals surface area contributed by atoms with E-state index in [9.17, 15) is 4.79 Å². The molecule has 0 spiro atoms. The van der Waals surface area contributed by atoms with Crippen molar-refractivity contribution in [2.24, 2.45) is 0 Å². The van der Waals surface area contributed by atoms with Gasteiger partial charge in [-0.05, 0) is 30.3 Å². The van der Waals surface area contributed by atoms with Gasteiger partial charge in [0.1, 0.15) is 19.0 Å². The van der Waals surface area contributed by atoms with Crippen molar-refractivity contribution in [2.75, 3.05) is 13.2 Å². The SMILES string of the molecule is O=C(OCCOc1c(Cl)cccc1Cl)c1ccc(Cn2cccn2)o1. The van der Waals surface area contributed by atoms with Gasteiger partial charge in [0, 0.05) is 12.4 Å². The van der Waals surface area contributed by atoms with Crippen LogP contribution in [0.25, 0.3) is 0 Å². The van der Waals surface area contributed by atoms with Crippen LogP contribution in [0.5, 0.6) is 5.75 Å². The van der Waals surface area contributed by atoms with Crippen molar-refractivity contribution in [3.63, 3.8) is 0 Å². The van der Waals surface area contributed by atoms with Crippen LogP contribution in [0.2, 0.25) is 10.0 Å². The topological polar surface area (TPSA) is 66.5 Å². The minimum Gasteiger partial charge on any atom is -0.487 e. The highest BCUT2D eigenvalue weighted by atomic mass is 35.5. The number of carbonyl (C=O) groups excluding carboxylic acids is 1. The number of nitrogens with zero attached hydrogens (tertiary/aromatic N) is 2. The monoisotopic (exact) mass is 380 g/mol. The number of benzene rings is 1. The first kappa shape index (κ1) is 17.4. The average molecular weight is 381 g/mol. The Balaban J connectivity index is 1.47. The molecule has 3 rings (SSSR count). The van der Waals surface area contributed by atoms with Crippen LogP contribution in [0.4, 0.5) is 0 Å². The largest absolute Gasteiger partial charge is 0.487 e. The van der Waals surface area contributed by atoms with Gasteiger partial charge >= 0.3 is 5.97 Å². The molecule has 0 bridgehead atoms. The predicted molar refractivity (Wildman–Crippen MR) is 92.3 cm³/mol. The van der Waals surface area contributed by atoms with Gasteiger partial charge in [0.2, 0.25) is 5.76 Å². The number of ether oxygens (including phenoxy) is 2. The number of para-hydroxylation sites is 1. The molecular formula is C17H14Cl2N2O4. The van der Waals surface area contributed by atoms with E-state index in [-0.39, 0.29) is 19.0 Å². The molecule has 0 aliphatic carbocycles. The molecule has 8 heteroatoms. The number of aromatic nitrogens is 2. The number of rotatable bonds is 7. The van der Waals surface area contributed by atoms with Gasteiger partial charge in [-0.1, -0.05) is 29.3 Å². The summed E-state index contributed by atoms with van der Waals surface area (Å²) in [4.78, 5) is 12.0. The second-order valence-electron chi connectivity index (χ2n) is 5.00. The quantitative estimate of drug-likeness (QED) is 0.456. The molecule has 2 heterocycles. The molecule has 0 radical (unpaired) electrons. The second-order valence-corrected chi connectivity index (χ2v) is 5.82. The maximum Gasteiger partial charge on any atom is 0.374 e. The van der Waals surface area contributed by atoms with Crippen molar-refractivity contribution in [2.45, 2.75) is 6.54 Å². The van der Waals surface area contributed by atoms with E-state index in [0.29, 0.717) is 28.1 Å². The molecule has 0 aliphatic rings. The summed E-state index contributed by atoms with van der Waals surface area (Å²) in [6.07, 6.45) is 3.47. The van der Waals surface area contributed by atoms with E-state index in [4.69, 9.17) is 37.1 Å². The second kappa shape index (κ2) is 8.09. The molecule has 0 saturated carbocycles. The van der Waals surface area contributed by atoms with Crippen LogP contribution in [-0.2, 0) is 11.3 Å². The molecule has 2 aromatic heterocycles. The Morgan fingerprint density at radius 3 is 2.64 bits per heavy atom. The summed E-state index contributed by atoms with van der Waals surface area (Å²) in [5.74, 6) is 0.523. The van der Waals surface area contributed by atoms with Crippen LogP contribution in [0.3, 0.4) is 0 Å². The van der Waals surface area contributed by atoms with Gasteiger partial charge in [0.15, 0.2) is 5.75 Å². The molecule has 130 valence electrons. The van der Waals surface area contributed by atoms with E-state index >= 15 is 0 Å². The molecule has 0 aliphatic heterocycles.